The fourth-order valence-corrected chi connectivity index (χ4v) is 4.78. The van der Waals surface area contributed by atoms with E-state index >= 15 is 0 Å². The molecule has 3 heterocycles. The number of fused-ring (bicyclic) bond motifs is 2. The van der Waals surface area contributed by atoms with E-state index in [0.717, 1.165) is 56.7 Å². The summed E-state index contributed by atoms with van der Waals surface area (Å²) in [5.41, 5.74) is 4.16. The molecule has 1 aromatic rings. The number of pyridine rings is 1. The summed E-state index contributed by atoms with van der Waals surface area (Å²) in [6.45, 7) is 5.40. The molecular weight excluding hydrogens is 320 g/mol. The van der Waals surface area contributed by atoms with Gasteiger partial charge in [-0.05, 0) is 36.3 Å². The first kappa shape index (κ1) is 16.5. The highest BCUT2D eigenvalue weighted by atomic mass is 16.5. The monoisotopic (exact) mass is 344 g/mol. The maximum atomic E-state index is 11.6. The Morgan fingerprint density at radius 3 is 3.00 bits per heavy atom. The molecule has 25 heavy (non-hydrogen) atoms. The van der Waals surface area contributed by atoms with Crippen LogP contribution in [0.1, 0.15) is 41.4 Å². The Balaban J connectivity index is 1.39. The van der Waals surface area contributed by atoms with Crippen molar-refractivity contribution in [1.29, 1.82) is 0 Å². The Morgan fingerprint density at radius 2 is 2.24 bits per heavy atom. The molecular formula is C18H24N4O3. The van der Waals surface area contributed by atoms with Crippen molar-refractivity contribution in [3.05, 3.63) is 29.1 Å². The van der Waals surface area contributed by atoms with Gasteiger partial charge in [-0.1, -0.05) is 0 Å². The molecule has 134 valence electrons. The van der Waals surface area contributed by atoms with Crippen molar-refractivity contribution in [1.82, 2.24) is 20.3 Å². The number of nitrogens with one attached hydrogen (secondary N) is 1. The van der Waals surface area contributed by atoms with Gasteiger partial charge in [-0.3, -0.25) is 24.7 Å². The highest BCUT2D eigenvalue weighted by Gasteiger charge is 2.49. The minimum Gasteiger partial charge on any atom is -0.340 e. The van der Waals surface area contributed by atoms with Crippen molar-refractivity contribution in [3.63, 3.8) is 0 Å². The number of likely N-dealkylation sites (tertiary alicyclic amines) is 1. The number of carbonyl (C=O) groups is 2. The molecule has 2 fully saturated rings. The normalized spacial score (nSPS) is 28.1. The lowest BCUT2D eigenvalue weighted by Gasteiger charge is -2.46. The van der Waals surface area contributed by atoms with Crippen LogP contribution in [0.15, 0.2) is 12.3 Å². The van der Waals surface area contributed by atoms with E-state index in [2.05, 4.69) is 9.88 Å². The van der Waals surface area contributed by atoms with Crippen molar-refractivity contribution in [2.75, 3.05) is 19.6 Å². The van der Waals surface area contributed by atoms with E-state index in [9.17, 15) is 9.59 Å². The Morgan fingerprint density at radius 1 is 1.40 bits per heavy atom. The Labute approximate surface area is 147 Å². The molecule has 2 aliphatic heterocycles. The second-order valence-electron chi connectivity index (χ2n) is 7.48. The van der Waals surface area contributed by atoms with Gasteiger partial charge in [0.05, 0.1) is 5.56 Å². The molecule has 0 radical (unpaired) electrons. The standard InChI is InChI=1S/C18H24N4O3/c1-11(23)22-5-2-15-13(7-17(15)22)9-21-4-3-16-14(10-21)6-12(8-19-16)18(24)20-25/h6,8,13,15,17,25H,2-5,7,9-10H2,1H3,(H,20,24). The molecule has 1 aliphatic carbocycles. The number of hydrogen-bond acceptors (Lipinski definition) is 5. The molecule has 4 rings (SSSR count). The highest BCUT2D eigenvalue weighted by Crippen LogP contribution is 2.45. The smallest absolute Gasteiger partial charge is 0.276 e. The van der Waals surface area contributed by atoms with Crippen molar-refractivity contribution in [2.45, 2.75) is 38.8 Å². The minimum absolute atomic E-state index is 0.207. The highest BCUT2D eigenvalue weighted by molar-refractivity contribution is 5.93. The first-order chi connectivity index (χ1) is 12.1. The summed E-state index contributed by atoms with van der Waals surface area (Å²) >= 11 is 0. The lowest BCUT2D eigenvalue weighted by molar-refractivity contribution is -0.132. The van der Waals surface area contributed by atoms with Crippen molar-refractivity contribution in [2.24, 2.45) is 11.8 Å². The number of carbonyl (C=O) groups excluding carboxylic acids is 2. The van der Waals surface area contributed by atoms with E-state index in [1.54, 1.807) is 12.4 Å². The predicted octanol–water partition coefficient (Wildman–Crippen LogP) is 0.816. The predicted molar refractivity (Wildman–Crippen MR) is 89.9 cm³/mol. The molecule has 7 nitrogen and oxygen atoms in total. The maximum absolute atomic E-state index is 11.6. The van der Waals surface area contributed by atoms with Crippen LogP contribution in [0, 0.1) is 11.8 Å². The number of hydrogen-bond donors (Lipinski definition) is 2. The van der Waals surface area contributed by atoms with Crippen LogP contribution in [-0.4, -0.2) is 57.5 Å². The third-order valence-electron chi connectivity index (χ3n) is 6.13. The molecule has 3 atom stereocenters. The summed E-state index contributed by atoms with van der Waals surface area (Å²) in [6.07, 6.45) is 4.64. The third-order valence-corrected chi connectivity index (χ3v) is 6.13. The van der Waals surface area contributed by atoms with Gasteiger partial charge < -0.3 is 4.90 Å². The summed E-state index contributed by atoms with van der Waals surface area (Å²) in [5, 5.41) is 8.78. The van der Waals surface area contributed by atoms with E-state index in [1.165, 1.54) is 6.20 Å². The van der Waals surface area contributed by atoms with Gasteiger partial charge in [0.25, 0.3) is 5.91 Å². The first-order valence-electron chi connectivity index (χ1n) is 8.98. The molecule has 3 unspecified atom stereocenters. The molecule has 7 heteroatoms. The molecule has 0 aromatic carbocycles. The van der Waals surface area contributed by atoms with Crippen LogP contribution in [0.2, 0.25) is 0 Å². The van der Waals surface area contributed by atoms with Crippen LogP contribution >= 0.6 is 0 Å². The zero-order chi connectivity index (χ0) is 17.6. The molecule has 1 aromatic heterocycles. The van der Waals surface area contributed by atoms with Gasteiger partial charge in [0.1, 0.15) is 0 Å². The van der Waals surface area contributed by atoms with Gasteiger partial charge in [-0.2, -0.15) is 0 Å². The summed E-state index contributed by atoms with van der Waals surface area (Å²) in [4.78, 5) is 32.1. The Hall–Kier alpha value is -1.99. The van der Waals surface area contributed by atoms with Crippen molar-refractivity contribution in [3.8, 4) is 0 Å². The topological polar surface area (TPSA) is 85.8 Å². The number of nitrogens with zero attached hydrogens (tertiary/aromatic N) is 3. The fraction of sp³-hybridized carbons (Fsp3) is 0.611. The molecule has 0 spiro atoms. The largest absolute Gasteiger partial charge is 0.340 e. The second-order valence-corrected chi connectivity index (χ2v) is 7.48. The maximum Gasteiger partial charge on any atom is 0.276 e. The zero-order valence-corrected chi connectivity index (χ0v) is 14.4. The first-order valence-corrected chi connectivity index (χ1v) is 8.98. The van der Waals surface area contributed by atoms with Crippen molar-refractivity contribution < 1.29 is 14.8 Å². The molecule has 0 bridgehead atoms. The van der Waals surface area contributed by atoms with E-state index in [4.69, 9.17) is 5.21 Å². The number of hydroxylamine groups is 1. The second kappa shape index (κ2) is 6.38. The molecule has 2 amide bonds. The summed E-state index contributed by atoms with van der Waals surface area (Å²) in [6, 6.07) is 2.29. The quantitative estimate of drug-likeness (QED) is 0.626. The minimum atomic E-state index is -0.524. The van der Waals surface area contributed by atoms with Crippen LogP contribution < -0.4 is 5.48 Å². The number of aromatic nitrogens is 1. The van der Waals surface area contributed by atoms with Gasteiger partial charge in [-0.15, -0.1) is 0 Å². The van der Waals surface area contributed by atoms with Crippen molar-refractivity contribution >= 4 is 11.8 Å². The van der Waals surface area contributed by atoms with Gasteiger partial charge in [0.2, 0.25) is 5.91 Å². The molecule has 1 saturated heterocycles. The molecule has 1 saturated carbocycles. The summed E-state index contributed by atoms with van der Waals surface area (Å²) in [5.74, 6) is 0.992. The average Bonchev–Trinajstić information content (AvgIpc) is 2.95. The third kappa shape index (κ3) is 2.91. The van der Waals surface area contributed by atoms with Crippen LogP contribution in [-0.2, 0) is 17.8 Å². The van der Waals surface area contributed by atoms with E-state index in [-0.39, 0.29) is 5.91 Å². The lowest BCUT2D eigenvalue weighted by Crippen LogP contribution is -2.51. The lowest BCUT2D eigenvalue weighted by atomic mass is 9.69. The van der Waals surface area contributed by atoms with Crippen LogP contribution in [0.5, 0.6) is 0 Å². The van der Waals surface area contributed by atoms with Crippen LogP contribution in [0.25, 0.3) is 0 Å². The van der Waals surface area contributed by atoms with Gasteiger partial charge in [0.15, 0.2) is 0 Å². The average molecular weight is 344 g/mol. The molecule has 2 N–H and O–H groups in total. The number of rotatable bonds is 3. The van der Waals surface area contributed by atoms with Crippen LogP contribution in [0.4, 0.5) is 0 Å². The van der Waals surface area contributed by atoms with E-state index in [0.29, 0.717) is 23.4 Å². The van der Waals surface area contributed by atoms with Crippen LogP contribution in [0.3, 0.4) is 0 Å². The van der Waals surface area contributed by atoms with Gasteiger partial charge >= 0.3 is 0 Å². The number of amides is 2. The summed E-state index contributed by atoms with van der Waals surface area (Å²) < 4.78 is 0. The van der Waals surface area contributed by atoms with Gasteiger partial charge in [-0.25, -0.2) is 5.48 Å². The van der Waals surface area contributed by atoms with E-state index in [1.807, 2.05) is 11.0 Å². The fourth-order valence-electron chi connectivity index (χ4n) is 4.78. The van der Waals surface area contributed by atoms with Gasteiger partial charge in [0, 0.05) is 57.5 Å². The Bertz CT molecular complexity index is 708. The SMILES string of the molecule is CC(=O)N1CCC2C(CN3CCc4ncc(C(=O)NO)cc4C3)CC21. The summed E-state index contributed by atoms with van der Waals surface area (Å²) in [7, 11) is 0. The Kier molecular flexibility index (Phi) is 4.21. The van der Waals surface area contributed by atoms with E-state index < -0.39 is 5.91 Å². The zero-order valence-electron chi connectivity index (χ0n) is 14.4. The molecule has 3 aliphatic rings.